The van der Waals surface area contributed by atoms with E-state index in [2.05, 4.69) is 11.8 Å². The molecule has 0 aliphatic heterocycles. The molecule has 90 valence electrons. The minimum atomic E-state index is 0.308. The van der Waals surface area contributed by atoms with Crippen LogP contribution in [0, 0.1) is 0 Å². The summed E-state index contributed by atoms with van der Waals surface area (Å²) in [6.45, 7) is 4.37. The Morgan fingerprint density at radius 1 is 1.47 bits per heavy atom. The van der Waals surface area contributed by atoms with E-state index in [0.717, 1.165) is 32.0 Å². The zero-order valence-electron chi connectivity index (χ0n) is 9.99. The van der Waals surface area contributed by atoms with E-state index in [-0.39, 0.29) is 0 Å². The first kappa shape index (κ1) is 12.9. The predicted octanol–water partition coefficient (Wildman–Crippen LogP) is 1.35. The molecule has 0 aromatic rings. The fraction of sp³-hybridized carbons (Fsp3) is 1.00. The van der Waals surface area contributed by atoms with Crippen LogP contribution < -0.4 is 5.73 Å². The minimum Gasteiger partial charge on any atom is -0.396 e. The molecule has 0 aromatic carbocycles. The Balaban J connectivity index is 2.43. The maximum atomic E-state index is 8.92. The summed E-state index contributed by atoms with van der Waals surface area (Å²) in [5.41, 5.74) is 5.66. The Bertz CT molecular complexity index is 160. The van der Waals surface area contributed by atoms with Crippen LogP contribution in [-0.4, -0.2) is 41.8 Å². The van der Waals surface area contributed by atoms with Crippen molar-refractivity contribution in [1.29, 1.82) is 0 Å². The molecule has 0 aromatic heterocycles. The Labute approximate surface area is 93.6 Å². The normalized spacial score (nSPS) is 19.2. The molecule has 1 saturated carbocycles. The topological polar surface area (TPSA) is 49.5 Å². The van der Waals surface area contributed by atoms with E-state index in [4.69, 9.17) is 10.8 Å². The number of aliphatic hydroxyl groups excluding tert-OH is 1. The first-order chi connectivity index (χ1) is 7.33. The number of aliphatic hydroxyl groups is 1. The summed E-state index contributed by atoms with van der Waals surface area (Å²) in [4.78, 5) is 2.59. The lowest BCUT2D eigenvalue weighted by molar-refractivity contribution is 0.0664. The van der Waals surface area contributed by atoms with Gasteiger partial charge in [-0.3, -0.25) is 4.90 Å². The molecule has 1 aliphatic carbocycles. The number of nitrogens with zero attached hydrogens (tertiary/aromatic N) is 1. The van der Waals surface area contributed by atoms with Crippen LogP contribution in [0.25, 0.3) is 0 Å². The van der Waals surface area contributed by atoms with Gasteiger partial charge in [0, 0.05) is 25.2 Å². The van der Waals surface area contributed by atoms with Gasteiger partial charge in [-0.25, -0.2) is 0 Å². The molecule has 0 amide bonds. The Morgan fingerprint density at radius 2 is 2.20 bits per heavy atom. The van der Waals surface area contributed by atoms with Gasteiger partial charge in [0.25, 0.3) is 0 Å². The fourth-order valence-electron chi connectivity index (χ4n) is 2.43. The van der Waals surface area contributed by atoms with Gasteiger partial charge in [-0.15, -0.1) is 0 Å². The lowest BCUT2D eigenvalue weighted by Crippen LogP contribution is -2.47. The zero-order chi connectivity index (χ0) is 11.1. The molecule has 1 fully saturated rings. The lowest BCUT2D eigenvalue weighted by Gasteiger charge is -2.42. The van der Waals surface area contributed by atoms with Gasteiger partial charge in [0.05, 0.1) is 0 Å². The van der Waals surface area contributed by atoms with Crippen molar-refractivity contribution >= 4 is 0 Å². The van der Waals surface area contributed by atoms with Crippen molar-refractivity contribution in [3.05, 3.63) is 0 Å². The van der Waals surface area contributed by atoms with E-state index < -0.39 is 0 Å². The highest BCUT2D eigenvalue weighted by atomic mass is 16.3. The molecular formula is C12H26N2O. The summed E-state index contributed by atoms with van der Waals surface area (Å²) in [6.07, 6.45) is 7.23. The minimum absolute atomic E-state index is 0.308. The number of hydrogen-bond acceptors (Lipinski definition) is 3. The molecule has 0 saturated heterocycles. The third kappa shape index (κ3) is 3.74. The van der Waals surface area contributed by atoms with Crippen molar-refractivity contribution < 1.29 is 5.11 Å². The van der Waals surface area contributed by atoms with Crippen LogP contribution in [0.15, 0.2) is 0 Å². The van der Waals surface area contributed by atoms with Gasteiger partial charge in [0.15, 0.2) is 0 Å². The SMILES string of the molecule is CCC(CCN)N(CCCO)C1CCC1. The van der Waals surface area contributed by atoms with Crippen LogP contribution in [-0.2, 0) is 0 Å². The summed E-state index contributed by atoms with van der Waals surface area (Å²) in [5, 5.41) is 8.92. The van der Waals surface area contributed by atoms with Gasteiger partial charge in [-0.05, 0) is 38.6 Å². The Kier molecular flexibility index (Phi) is 6.22. The zero-order valence-corrected chi connectivity index (χ0v) is 9.99. The van der Waals surface area contributed by atoms with Gasteiger partial charge in [-0.2, -0.15) is 0 Å². The third-order valence-corrected chi connectivity index (χ3v) is 3.56. The molecule has 3 N–H and O–H groups in total. The van der Waals surface area contributed by atoms with E-state index >= 15 is 0 Å². The van der Waals surface area contributed by atoms with Crippen molar-refractivity contribution in [2.24, 2.45) is 5.73 Å². The summed E-state index contributed by atoms with van der Waals surface area (Å²) in [7, 11) is 0. The van der Waals surface area contributed by atoms with Crippen molar-refractivity contribution in [2.75, 3.05) is 19.7 Å². The van der Waals surface area contributed by atoms with Crippen molar-refractivity contribution in [3.63, 3.8) is 0 Å². The van der Waals surface area contributed by atoms with Crippen LogP contribution in [0.4, 0.5) is 0 Å². The molecule has 3 heteroatoms. The van der Waals surface area contributed by atoms with E-state index in [1.165, 1.54) is 25.7 Å². The first-order valence-corrected chi connectivity index (χ1v) is 6.40. The molecule has 1 unspecified atom stereocenters. The molecule has 3 nitrogen and oxygen atoms in total. The van der Waals surface area contributed by atoms with Crippen LogP contribution in [0.5, 0.6) is 0 Å². The molecule has 0 bridgehead atoms. The van der Waals surface area contributed by atoms with E-state index in [1.807, 2.05) is 0 Å². The average Bonchev–Trinajstić information content (AvgIpc) is 2.18. The standard InChI is InChI=1S/C12H26N2O/c1-2-11(7-8-13)14(9-4-10-15)12-5-3-6-12/h11-12,15H,2-10,13H2,1H3. The monoisotopic (exact) mass is 214 g/mol. The van der Waals surface area contributed by atoms with Crippen LogP contribution >= 0.6 is 0 Å². The third-order valence-electron chi connectivity index (χ3n) is 3.56. The molecule has 0 spiro atoms. The maximum absolute atomic E-state index is 8.92. The first-order valence-electron chi connectivity index (χ1n) is 6.40. The van der Waals surface area contributed by atoms with Gasteiger partial charge in [0.1, 0.15) is 0 Å². The summed E-state index contributed by atoms with van der Waals surface area (Å²) in [5.74, 6) is 0. The van der Waals surface area contributed by atoms with Crippen LogP contribution in [0.2, 0.25) is 0 Å². The molecule has 0 heterocycles. The van der Waals surface area contributed by atoms with E-state index in [1.54, 1.807) is 0 Å². The molecule has 1 aliphatic rings. The summed E-state index contributed by atoms with van der Waals surface area (Å²) >= 11 is 0. The second kappa shape index (κ2) is 7.20. The number of nitrogens with two attached hydrogens (primary N) is 1. The highest BCUT2D eigenvalue weighted by Gasteiger charge is 2.28. The highest BCUT2D eigenvalue weighted by Crippen LogP contribution is 2.28. The molecule has 15 heavy (non-hydrogen) atoms. The van der Waals surface area contributed by atoms with Crippen molar-refractivity contribution in [1.82, 2.24) is 4.90 Å². The fourth-order valence-corrected chi connectivity index (χ4v) is 2.43. The molecule has 1 rings (SSSR count). The van der Waals surface area contributed by atoms with Crippen molar-refractivity contribution in [3.8, 4) is 0 Å². The second-order valence-corrected chi connectivity index (χ2v) is 4.54. The number of hydrogen-bond donors (Lipinski definition) is 2. The van der Waals surface area contributed by atoms with Crippen LogP contribution in [0.3, 0.4) is 0 Å². The van der Waals surface area contributed by atoms with Crippen LogP contribution in [0.1, 0.15) is 45.4 Å². The number of rotatable bonds is 8. The maximum Gasteiger partial charge on any atom is 0.0443 e. The quantitative estimate of drug-likeness (QED) is 0.641. The van der Waals surface area contributed by atoms with Crippen molar-refractivity contribution in [2.45, 2.75) is 57.5 Å². The van der Waals surface area contributed by atoms with Gasteiger partial charge in [0.2, 0.25) is 0 Å². The molecular weight excluding hydrogens is 188 g/mol. The lowest BCUT2D eigenvalue weighted by atomic mass is 9.89. The van der Waals surface area contributed by atoms with E-state index in [9.17, 15) is 0 Å². The Morgan fingerprint density at radius 3 is 2.60 bits per heavy atom. The van der Waals surface area contributed by atoms with Gasteiger partial charge in [-0.1, -0.05) is 13.3 Å². The molecule has 0 radical (unpaired) electrons. The smallest absolute Gasteiger partial charge is 0.0443 e. The van der Waals surface area contributed by atoms with Gasteiger partial charge < -0.3 is 10.8 Å². The van der Waals surface area contributed by atoms with E-state index in [0.29, 0.717) is 12.6 Å². The van der Waals surface area contributed by atoms with Gasteiger partial charge >= 0.3 is 0 Å². The Hall–Kier alpha value is -0.120. The predicted molar refractivity (Wildman–Crippen MR) is 63.8 cm³/mol. The average molecular weight is 214 g/mol. The summed E-state index contributed by atoms with van der Waals surface area (Å²) in [6, 6.07) is 1.40. The summed E-state index contributed by atoms with van der Waals surface area (Å²) < 4.78 is 0. The second-order valence-electron chi connectivity index (χ2n) is 4.54. The largest absolute Gasteiger partial charge is 0.396 e. The highest BCUT2D eigenvalue weighted by molar-refractivity contribution is 4.84. The molecule has 1 atom stereocenters.